The van der Waals surface area contributed by atoms with Crippen LogP contribution in [0.25, 0.3) is 10.1 Å². The number of carbonyl (C=O) groups excluding carboxylic acids is 1. The number of rotatable bonds is 6. The van der Waals surface area contributed by atoms with Crippen molar-refractivity contribution in [3.63, 3.8) is 0 Å². The first-order valence-electron chi connectivity index (χ1n) is 7.81. The quantitative estimate of drug-likeness (QED) is 0.645. The molecule has 0 unspecified atom stereocenters. The second-order valence-electron chi connectivity index (χ2n) is 5.31. The highest BCUT2D eigenvalue weighted by Crippen LogP contribution is 2.36. The molecule has 0 aliphatic rings. The predicted molar refractivity (Wildman–Crippen MR) is 102 cm³/mol. The lowest BCUT2D eigenvalue weighted by molar-refractivity contribution is 0.0602. The number of anilines is 1. The number of nitrogens with one attached hydrogen (secondary N) is 1. The first kappa shape index (κ1) is 18.2. The SMILES string of the molecule is CCOc1ccc(NS(=O)(=O)c2c(C(=O)OC)sc3ccccc23)cc1. The summed E-state index contributed by atoms with van der Waals surface area (Å²) in [5.74, 6) is -0.0371. The van der Waals surface area contributed by atoms with Gasteiger partial charge in [-0.15, -0.1) is 11.3 Å². The molecule has 3 rings (SSSR count). The van der Waals surface area contributed by atoms with Crippen LogP contribution in [0, 0.1) is 0 Å². The first-order chi connectivity index (χ1) is 12.5. The zero-order valence-corrected chi connectivity index (χ0v) is 15.8. The van der Waals surface area contributed by atoms with Gasteiger partial charge in [-0.3, -0.25) is 4.72 Å². The molecular weight excluding hydrogens is 374 g/mol. The van der Waals surface area contributed by atoms with Crippen LogP contribution < -0.4 is 9.46 Å². The van der Waals surface area contributed by atoms with Crippen LogP contribution in [0.4, 0.5) is 5.69 Å². The van der Waals surface area contributed by atoms with E-state index >= 15 is 0 Å². The Morgan fingerprint density at radius 1 is 1.12 bits per heavy atom. The van der Waals surface area contributed by atoms with Gasteiger partial charge in [-0.05, 0) is 37.3 Å². The van der Waals surface area contributed by atoms with Gasteiger partial charge in [0.15, 0.2) is 0 Å². The molecule has 136 valence electrons. The zero-order valence-electron chi connectivity index (χ0n) is 14.2. The Morgan fingerprint density at radius 3 is 2.46 bits per heavy atom. The number of thiophene rings is 1. The number of esters is 1. The van der Waals surface area contributed by atoms with Crippen molar-refractivity contribution in [3.8, 4) is 5.75 Å². The van der Waals surface area contributed by atoms with Gasteiger partial charge in [-0.2, -0.15) is 0 Å². The topological polar surface area (TPSA) is 81.7 Å². The Balaban J connectivity index is 2.04. The average Bonchev–Trinajstić information content (AvgIpc) is 3.03. The zero-order chi connectivity index (χ0) is 18.7. The van der Waals surface area contributed by atoms with Crippen LogP contribution in [0.2, 0.25) is 0 Å². The summed E-state index contributed by atoms with van der Waals surface area (Å²) in [7, 11) is -2.76. The van der Waals surface area contributed by atoms with Crippen LogP contribution in [0.1, 0.15) is 16.6 Å². The molecule has 8 heteroatoms. The number of ether oxygens (including phenoxy) is 2. The van der Waals surface area contributed by atoms with Crippen molar-refractivity contribution in [2.24, 2.45) is 0 Å². The van der Waals surface area contributed by atoms with Crippen LogP contribution in [-0.4, -0.2) is 28.1 Å². The molecule has 0 atom stereocenters. The summed E-state index contributed by atoms with van der Waals surface area (Å²) in [6.07, 6.45) is 0. The molecule has 2 aromatic carbocycles. The Hall–Kier alpha value is -2.58. The van der Waals surface area contributed by atoms with E-state index in [0.717, 1.165) is 11.3 Å². The number of fused-ring (bicyclic) bond motifs is 1. The largest absolute Gasteiger partial charge is 0.494 e. The van der Waals surface area contributed by atoms with Gasteiger partial charge in [0.2, 0.25) is 0 Å². The average molecular weight is 391 g/mol. The van der Waals surface area contributed by atoms with Gasteiger partial charge in [0.1, 0.15) is 15.5 Å². The fourth-order valence-corrected chi connectivity index (χ4v) is 5.39. The molecule has 0 amide bonds. The third-order valence-corrected chi connectivity index (χ3v) is 6.35. The molecule has 6 nitrogen and oxygen atoms in total. The highest BCUT2D eigenvalue weighted by atomic mass is 32.2. The molecule has 0 bridgehead atoms. The van der Waals surface area contributed by atoms with Gasteiger partial charge in [-0.1, -0.05) is 18.2 Å². The van der Waals surface area contributed by atoms with Crippen molar-refractivity contribution in [1.29, 1.82) is 0 Å². The minimum Gasteiger partial charge on any atom is -0.494 e. The highest BCUT2D eigenvalue weighted by molar-refractivity contribution is 7.93. The fourth-order valence-electron chi connectivity index (χ4n) is 2.51. The van der Waals surface area contributed by atoms with Crippen LogP contribution in [0.15, 0.2) is 53.4 Å². The molecule has 0 fully saturated rings. The third kappa shape index (κ3) is 3.51. The smallest absolute Gasteiger partial charge is 0.349 e. The van der Waals surface area contributed by atoms with Crippen molar-refractivity contribution in [3.05, 3.63) is 53.4 Å². The predicted octanol–water partition coefficient (Wildman–Crippen LogP) is 3.89. The van der Waals surface area contributed by atoms with Crippen molar-refractivity contribution in [1.82, 2.24) is 0 Å². The van der Waals surface area contributed by atoms with Crippen LogP contribution in [0.3, 0.4) is 0 Å². The Kier molecular flexibility index (Phi) is 5.15. The summed E-state index contributed by atoms with van der Waals surface area (Å²) in [5.41, 5.74) is 0.375. The highest BCUT2D eigenvalue weighted by Gasteiger charge is 2.29. The van der Waals surface area contributed by atoms with Crippen molar-refractivity contribution in [2.45, 2.75) is 11.8 Å². The number of benzene rings is 2. The molecule has 0 aliphatic heterocycles. The van der Waals surface area contributed by atoms with E-state index in [1.54, 1.807) is 48.5 Å². The van der Waals surface area contributed by atoms with E-state index in [2.05, 4.69) is 4.72 Å². The molecule has 1 aromatic heterocycles. The summed E-state index contributed by atoms with van der Waals surface area (Å²) >= 11 is 1.09. The summed E-state index contributed by atoms with van der Waals surface area (Å²) in [5, 5.41) is 0.483. The maximum Gasteiger partial charge on any atom is 0.349 e. The molecule has 0 radical (unpaired) electrons. The van der Waals surface area contributed by atoms with E-state index in [1.807, 2.05) is 6.92 Å². The maximum absolute atomic E-state index is 13.0. The number of hydrogen-bond acceptors (Lipinski definition) is 6. The molecule has 3 aromatic rings. The molecular formula is C18H17NO5S2. The van der Waals surface area contributed by atoms with Gasteiger partial charge in [-0.25, -0.2) is 13.2 Å². The Labute approximate surface area is 155 Å². The summed E-state index contributed by atoms with van der Waals surface area (Å²) in [6, 6.07) is 13.5. The Morgan fingerprint density at radius 2 is 1.81 bits per heavy atom. The second kappa shape index (κ2) is 7.35. The lowest BCUT2D eigenvalue weighted by Gasteiger charge is -2.10. The van der Waals surface area contributed by atoms with Crippen LogP contribution >= 0.6 is 11.3 Å². The summed E-state index contributed by atoms with van der Waals surface area (Å²) in [6.45, 7) is 2.39. The summed E-state index contributed by atoms with van der Waals surface area (Å²) < 4.78 is 39.3. The van der Waals surface area contributed by atoms with Crippen molar-refractivity contribution < 1.29 is 22.7 Å². The standard InChI is InChI=1S/C18H17NO5S2/c1-3-24-13-10-8-12(9-11-13)19-26(21,22)17-14-6-4-5-7-15(14)25-16(17)18(20)23-2/h4-11,19H,3H2,1-2H3. The minimum atomic E-state index is -3.99. The Bertz CT molecular complexity index is 1040. The number of carbonyl (C=O) groups is 1. The lowest BCUT2D eigenvalue weighted by atomic mass is 10.2. The normalized spacial score (nSPS) is 11.3. The molecule has 1 heterocycles. The molecule has 1 N–H and O–H groups in total. The number of methoxy groups -OCH3 is 1. The van der Waals surface area contributed by atoms with Gasteiger partial charge < -0.3 is 9.47 Å². The molecule has 0 saturated heterocycles. The van der Waals surface area contributed by atoms with Gasteiger partial charge in [0.25, 0.3) is 10.0 Å². The van der Waals surface area contributed by atoms with Crippen molar-refractivity contribution in [2.75, 3.05) is 18.4 Å². The molecule has 26 heavy (non-hydrogen) atoms. The first-order valence-corrected chi connectivity index (χ1v) is 10.1. The third-order valence-electron chi connectivity index (χ3n) is 3.61. The summed E-state index contributed by atoms with van der Waals surface area (Å²) in [4.78, 5) is 12.1. The van der Waals surface area contributed by atoms with E-state index in [-0.39, 0.29) is 9.77 Å². The number of hydrogen-bond donors (Lipinski definition) is 1. The van der Waals surface area contributed by atoms with Gasteiger partial charge in [0.05, 0.1) is 13.7 Å². The van der Waals surface area contributed by atoms with Crippen LogP contribution in [-0.2, 0) is 14.8 Å². The molecule has 0 aliphatic carbocycles. The maximum atomic E-state index is 13.0. The number of sulfonamides is 1. The second-order valence-corrected chi connectivity index (χ2v) is 7.98. The fraction of sp³-hybridized carbons (Fsp3) is 0.167. The molecule has 0 spiro atoms. The lowest BCUT2D eigenvalue weighted by Crippen LogP contribution is -2.16. The minimum absolute atomic E-state index is 0.0483. The van der Waals surface area contributed by atoms with Crippen molar-refractivity contribution >= 4 is 43.1 Å². The van der Waals surface area contributed by atoms with Gasteiger partial charge >= 0.3 is 5.97 Å². The van der Waals surface area contributed by atoms with E-state index in [1.165, 1.54) is 7.11 Å². The van der Waals surface area contributed by atoms with E-state index in [4.69, 9.17) is 9.47 Å². The molecule has 0 saturated carbocycles. The van der Waals surface area contributed by atoms with Gasteiger partial charge in [0, 0.05) is 15.8 Å². The van der Waals surface area contributed by atoms with Crippen LogP contribution in [0.5, 0.6) is 5.75 Å². The van der Waals surface area contributed by atoms with E-state index in [0.29, 0.717) is 28.1 Å². The van der Waals surface area contributed by atoms with E-state index in [9.17, 15) is 13.2 Å². The van der Waals surface area contributed by atoms with E-state index < -0.39 is 16.0 Å². The monoisotopic (exact) mass is 391 g/mol.